The normalized spacial score (nSPS) is 23.7. The van der Waals surface area contributed by atoms with Crippen molar-refractivity contribution >= 4 is 43.5 Å². The van der Waals surface area contributed by atoms with Gasteiger partial charge in [0.05, 0.1) is 24.3 Å². The summed E-state index contributed by atoms with van der Waals surface area (Å²) in [5, 5.41) is 4.37. The zero-order valence-electron chi connectivity index (χ0n) is 16.6. The highest BCUT2D eigenvalue weighted by atomic mass is 35.5. The molecule has 0 spiro atoms. The molecule has 1 aliphatic carbocycles. The minimum Gasteiger partial charge on any atom is -0.369 e. The van der Waals surface area contributed by atoms with E-state index >= 15 is 0 Å². The maximum Gasteiger partial charge on any atom is 0.340 e. The van der Waals surface area contributed by atoms with Crippen LogP contribution in [-0.4, -0.2) is 49.8 Å². The number of hydrogen-bond donors (Lipinski definition) is 4. The summed E-state index contributed by atoms with van der Waals surface area (Å²) >= 11 is 6.10. The Balaban J connectivity index is 1.41. The fraction of sp³-hybridized carbons (Fsp3) is 0.556. The lowest BCUT2D eigenvalue weighted by atomic mass is 10.0. The zero-order chi connectivity index (χ0) is 22.2. The summed E-state index contributed by atoms with van der Waals surface area (Å²) in [7, 11) is -9.05. The van der Waals surface area contributed by atoms with Crippen molar-refractivity contribution in [3.63, 3.8) is 0 Å². The number of nitrogens with one attached hydrogen (secondary N) is 1. The first kappa shape index (κ1) is 23.1. The van der Waals surface area contributed by atoms with Crippen LogP contribution < -0.4 is 5.32 Å². The van der Waals surface area contributed by atoms with Crippen molar-refractivity contribution in [2.75, 3.05) is 24.4 Å². The number of rotatable bonds is 9. The lowest BCUT2D eigenvalue weighted by molar-refractivity contribution is 0.0150. The fourth-order valence-corrected chi connectivity index (χ4v) is 6.33. The molecule has 0 amide bonds. The summed E-state index contributed by atoms with van der Waals surface area (Å²) in [6, 6.07) is 5.75. The molecule has 1 aliphatic heterocycles. The highest BCUT2D eigenvalue weighted by Crippen LogP contribution is 2.55. The molecule has 1 saturated heterocycles. The van der Waals surface area contributed by atoms with Crippen LogP contribution in [0.3, 0.4) is 0 Å². The molecule has 4 rings (SSSR count). The Morgan fingerprint density at radius 3 is 2.65 bits per heavy atom. The molecular formula is C18H24ClN3O7P2. The smallest absolute Gasteiger partial charge is 0.340 e. The second kappa shape index (κ2) is 9.04. The Labute approximate surface area is 184 Å². The molecule has 3 atom stereocenters. The predicted molar refractivity (Wildman–Crippen MR) is 115 cm³/mol. The van der Waals surface area contributed by atoms with Crippen molar-refractivity contribution in [3.05, 3.63) is 29.0 Å². The number of anilines is 1. The number of nitrogens with zero attached hydrogens (tertiary/aromatic N) is 2. The van der Waals surface area contributed by atoms with Crippen LogP contribution in [0.25, 0.3) is 10.9 Å². The van der Waals surface area contributed by atoms with Crippen LogP contribution in [0.1, 0.15) is 37.4 Å². The van der Waals surface area contributed by atoms with Crippen LogP contribution in [0.5, 0.6) is 0 Å². The summed E-state index contributed by atoms with van der Waals surface area (Å²) in [5.74, 6) is 0.180. The molecule has 31 heavy (non-hydrogen) atoms. The second-order valence-corrected chi connectivity index (χ2v) is 12.3. The number of fused-ring (bicyclic) bond motifs is 1. The molecule has 1 aromatic heterocycles. The van der Waals surface area contributed by atoms with Crippen LogP contribution in [0.2, 0.25) is 5.28 Å². The van der Waals surface area contributed by atoms with Gasteiger partial charge in [0, 0.05) is 11.9 Å². The molecule has 2 fully saturated rings. The molecule has 1 unspecified atom stereocenters. The van der Waals surface area contributed by atoms with Crippen LogP contribution in [0.4, 0.5) is 5.82 Å². The molecular weight excluding hydrogens is 468 g/mol. The first-order valence-corrected chi connectivity index (χ1v) is 13.9. The van der Waals surface area contributed by atoms with Crippen molar-refractivity contribution in [3.8, 4) is 0 Å². The molecule has 0 bridgehead atoms. The van der Waals surface area contributed by atoms with E-state index in [0.717, 1.165) is 17.5 Å². The Kier molecular flexibility index (Phi) is 6.73. The third-order valence-electron chi connectivity index (χ3n) is 5.25. The summed E-state index contributed by atoms with van der Waals surface area (Å²) < 4.78 is 33.5. The highest BCUT2D eigenvalue weighted by molar-refractivity contribution is 7.70. The molecule has 0 radical (unpaired) electrons. The van der Waals surface area contributed by atoms with Gasteiger partial charge < -0.3 is 29.3 Å². The van der Waals surface area contributed by atoms with Crippen LogP contribution >= 0.6 is 26.8 Å². The van der Waals surface area contributed by atoms with E-state index < -0.39 is 27.2 Å². The van der Waals surface area contributed by atoms with E-state index in [0.29, 0.717) is 30.1 Å². The maximum absolute atomic E-state index is 11.8. The first-order chi connectivity index (χ1) is 14.6. The molecule has 13 heteroatoms. The zero-order valence-corrected chi connectivity index (χ0v) is 19.1. The quantitative estimate of drug-likeness (QED) is 0.302. The standard InChI is InChI=1S/C18H24ClN3O7P2/c19-18-21-15-7-12(3-5-14(15)17(22-18)20-8-11-1-2-11)16-6-4-13(29-16)9-28-31(26,27)10-30(23,24)25/h3,5,7,11,13,16H,1-2,4,6,8-10H2,(H,26,27)(H,20,21,22)(H2,23,24,25)/t13-,16+/m0/s1. The molecule has 4 N–H and O–H groups in total. The van der Waals surface area contributed by atoms with Gasteiger partial charge in [-0.05, 0) is 60.9 Å². The monoisotopic (exact) mass is 491 g/mol. The van der Waals surface area contributed by atoms with Gasteiger partial charge in [-0.3, -0.25) is 9.13 Å². The number of benzene rings is 1. The van der Waals surface area contributed by atoms with Gasteiger partial charge in [0.2, 0.25) is 5.28 Å². The Morgan fingerprint density at radius 1 is 1.16 bits per heavy atom. The molecule has 10 nitrogen and oxygen atoms in total. The Hall–Kier alpha value is -1.09. The van der Waals surface area contributed by atoms with Gasteiger partial charge in [0.25, 0.3) is 0 Å². The van der Waals surface area contributed by atoms with Crippen LogP contribution in [0, 0.1) is 5.92 Å². The van der Waals surface area contributed by atoms with Crippen molar-refractivity contribution in [2.45, 2.75) is 37.9 Å². The largest absolute Gasteiger partial charge is 0.369 e. The van der Waals surface area contributed by atoms with Crippen LogP contribution in [-0.2, 0) is 18.4 Å². The SMILES string of the molecule is O=P(O)(O)CP(=O)(O)OC[C@@H]1CC[C@H](c2ccc3c(NCC4CC4)nc(Cl)nc3c2)O1. The molecule has 1 aromatic carbocycles. The Bertz CT molecular complexity index is 1060. The summed E-state index contributed by atoms with van der Waals surface area (Å²) in [6.45, 7) is 0.634. The summed E-state index contributed by atoms with van der Waals surface area (Å²) in [6.07, 6.45) is 2.99. The molecule has 2 heterocycles. The van der Waals surface area contributed by atoms with Gasteiger partial charge >= 0.3 is 15.2 Å². The number of ether oxygens (including phenoxy) is 1. The second-order valence-electron chi connectivity index (χ2n) is 8.01. The molecule has 2 aliphatic rings. The van der Waals surface area contributed by atoms with Gasteiger partial charge in [-0.1, -0.05) is 6.07 Å². The van der Waals surface area contributed by atoms with Crippen molar-refractivity contribution in [1.82, 2.24) is 9.97 Å². The van der Waals surface area contributed by atoms with E-state index in [2.05, 4.69) is 15.3 Å². The van der Waals surface area contributed by atoms with E-state index in [9.17, 15) is 14.0 Å². The van der Waals surface area contributed by atoms with Gasteiger partial charge in [-0.25, -0.2) is 9.97 Å². The minimum absolute atomic E-state index is 0.158. The molecule has 1 saturated carbocycles. The lowest BCUT2D eigenvalue weighted by Crippen LogP contribution is -2.14. The van der Waals surface area contributed by atoms with Gasteiger partial charge in [-0.2, -0.15) is 0 Å². The Morgan fingerprint density at radius 2 is 1.94 bits per heavy atom. The average molecular weight is 492 g/mol. The molecule has 170 valence electrons. The van der Waals surface area contributed by atoms with Crippen molar-refractivity contribution in [2.24, 2.45) is 5.92 Å². The average Bonchev–Trinajstić information content (AvgIpc) is 3.37. The number of aromatic nitrogens is 2. The topological polar surface area (TPSA) is 151 Å². The summed E-state index contributed by atoms with van der Waals surface area (Å²) in [4.78, 5) is 36.0. The van der Waals surface area contributed by atoms with Crippen molar-refractivity contribution in [1.29, 1.82) is 0 Å². The maximum atomic E-state index is 11.8. The number of hydrogen-bond acceptors (Lipinski definition) is 7. The van der Waals surface area contributed by atoms with E-state index in [4.69, 9.17) is 30.6 Å². The van der Waals surface area contributed by atoms with Gasteiger partial charge in [-0.15, -0.1) is 0 Å². The highest BCUT2D eigenvalue weighted by Gasteiger charge is 2.34. The van der Waals surface area contributed by atoms with E-state index in [-0.39, 0.29) is 18.0 Å². The number of halogens is 1. The molecule has 2 aromatic rings. The van der Waals surface area contributed by atoms with E-state index in [1.165, 1.54) is 12.8 Å². The third-order valence-corrected chi connectivity index (χ3v) is 8.88. The van der Waals surface area contributed by atoms with Gasteiger partial charge in [0.1, 0.15) is 5.82 Å². The predicted octanol–water partition coefficient (Wildman–Crippen LogP) is 3.66. The van der Waals surface area contributed by atoms with Crippen molar-refractivity contribution < 1.29 is 33.1 Å². The lowest BCUT2D eigenvalue weighted by Gasteiger charge is -2.17. The fourth-order valence-electron chi connectivity index (χ4n) is 3.56. The minimum atomic E-state index is -4.65. The van der Waals surface area contributed by atoms with E-state index in [1.807, 2.05) is 18.2 Å². The summed E-state index contributed by atoms with van der Waals surface area (Å²) in [5.41, 5.74) is 1.58. The van der Waals surface area contributed by atoms with E-state index in [1.54, 1.807) is 0 Å². The van der Waals surface area contributed by atoms with Gasteiger partial charge in [0.15, 0.2) is 5.90 Å². The first-order valence-electron chi connectivity index (χ1n) is 9.95. The third kappa shape index (κ3) is 6.46. The van der Waals surface area contributed by atoms with Crippen LogP contribution in [0.15, 0.2) is 18.2 Å².